The normalized spacial score (nSPS) is 11.0. The molecule has 0 radical (unpaired) electrons. The Labute approximate surface area is 164 Å². The van der Waals surface area contributed by atoms with Gasteiger partial charge in [-0.2, -0.15) is 5.10 Å². The molecule has 0 aliphatic rings. The Morgan fingerprint density at radius 3 is 2.88 bits per heavy atom. The van der Waals surface area contributed by atoms with E-state index in [4.69, 9.17) is 27.9 Å². The summed E-state index contributed by atoms with van der Waals surface area (Å²) in [5.74, 6) is 0.224. The number of rotatable bonds is 7. The van der Waals surface area contributed by atoms with Gasteiger partial charge in [-0.05, 0) is 17.5 Å². The predicted molar refractivity (Wildman–Crippen MR) is 103 cm³/mol. The van der Waals surface area contributed by atoms with E-state index in [0.29, 0.717) is 17.4 Å². The van der Waals surface area contributed by atoms with Crippen LogP contribution >= 0.6 is 34.5 Å². The number of aromatic nitrogens is 2. The van der Waals surface area contributed by atoms with Gasteiger partial charge in [0.15, 0.2) is 11.8 Å². The van der Waals surface area contributed by atoms with Gasteiger partial charge >= 0.3 is 0 Å². The lowest BCUT2D eigenvalue weighted by Gasteiger charge is -2.11. The first kappa shape index (κ1) is 18.4. The number of para-hydroxylation sites is 1. The van der Waals surface area contributed by atoms with Crippen molar-refractivity contribution in [3.05, 3.63) is 68.9 Å². The van der Waals surface area contributed by atoms with E-state index in [0.717, 1.165) is 10.4 Å². The summed E-state index contributed by atoms with van der Waals surface area (Å²) in [7, 11) is 0. The van der Waals surface area contributed by atoms with Gasteiger partial charge in [-0.1, -0.05) is 47.5 Å². The van der Waals surface area contributed by atoms with Gasteiger partial charge in [0.1, 0.15) is 10.9 Å². The average molecular weight is 409 g/mol. The fraction of sp³-hybridized carbons (Fsp3) is 0.118. The van der Waals surface area contributed by atoms with E-state index in [-0.39, 0.29) is 17.7 Å². The van der Waals surface area contributed by atoms with Gasteiger partial charge in [0.25, 0.3) is 5.91 Å². The fourth-order valence-corrected chi connectivity index (χ4v) is 3.01. The third-order valence-corrected chi connectivity index (χ3v) is 4.91. The van der Waals surface area contributed by atoms with Gasteiger partial charge in [-0.25, -0.2) is 10.4 Å². The first-order valence-electron chi connectivity index (χ1n) is 7.55. The third-order valence-electron chi connectivity index (χ3n) is 3.33. The van der Waals surface area contributed by atoms with Crippen LogP contribution in [0.5, 0.6) is 5.75 Å². The molecule has 9 heteroatoms. The maximum atomic E-state index is 11.9. The summed E-state index contributed by atoms with van der Waals surface area (Å²) in [6, 6.07) is 11.2. The van der Waals surface area contributed by atoms with Gasteiger partial charge in [0.2, 0.25) is 0 Å². The number of carbonyl (C=O) groups excluding carboxylic acids is 1. The highest BCUT2D eigenvalue weighted by Crippen LogP contribution is 2.24. The molecule has 1 aromatic carbocycles. The average Bonchev–Trinajstić information content (AvgIpc) is 3.26. The summed E-state index contributed by atoms with van der Waals surface area (Å²) in [6.45, 7) is 0.268. The molecule has 134 valence electrons. The van der Waals surface area contributed by atoms with Crippen molar-refractivity contribution in [1.82, 2.24) is 15.0 Å². The second-order valence-corrected chi connectivity index (χ2v) is 6.85. The highest BCUT2D eigenvalue weighted by Gasteiger charge is 2.10. The van der Waals surface area contributed by atoms with Crippen molar-refractivity contribution < 1.29 is 9.53 Å². The Morgan fingerprint density at radius 1 is 1.31 bits per heavy atom. The lowest BCUT2D eigenvalue weighted by molar-refractivity contribution is -0.123. The first-order chi connectivity index (χ1) is 12.6. The number of halogens is 2. The highest BCUT2D eigenvalue weighted by molar-refractivity contribution is 7.11. The zero-order chi connectivity index (χ0) is 18.4. The number of carbonyl (C=O) groups is 1. The Kier molecular flexibility index (Phi) is 6.27. The Hall–Kier alpha value is -2.35. The number of hydrazone groups is 1. The Morgan fingerprint density at radius 2 is 2.15 bits per heavy atom. The van der Waals surface area contributed by atoms with Gasteiger partial charge < -0.3 is 9.30 Å². The summed E-state index contributed by atoms with van der Waals surface area (Å²) >= 11 is 13.5. The number of thiophene rings is 1. The third kappa shape index (κ3) is 4.85. The van der Waals surface area contributed by atoms with Crippen LogP contribution in [0.2, 0.25) is 10.3 Å². The molecule has 0 fully saturated rings. The summed E-state index contributed by atoms with van der Waals surface area (Å²) in [5, 5.41) is 6.42. The molecule has 0 aliphatic carbocycles. The highest BCUT2D eigenvalue weighted by atomic mass is 35.5. The lowest BCUT2D eigenvalue weighted by atomic mass is 10.2. The van der Waals surface area contributed by atoms with Crippen molar-refractivity contribution in [3.8, 4) is 5.75 Å². The summed E-state index contributed by atoms with van der Waals surface area (Å²) in [4.78, 5) is 16.8. The van der Waals surface area contributed by atoms with Crippen molar-refractivity contribution in [3.63, 3.8) is 0 Å². The molecule has 0 spiro atoms. The molecule has 0 bridgehead atoms. The van der Waals surface area contributed by atoms with E-state index < -0.39 is 0 Å². The van der Waals surface area contributed by atoms with E-state index in [1.54, 1.807) is 23.2 Å². The summed E-state index contributed by atoms with van der Waals surface area (Å²) in [5.41, 5.74) is 3.28. The van der Waals surface area contributed by atoms with Crippen LogP contribution in [-0.2, 0) is 11.3 Å². The monoisotopic (exact) mass is 408 g/mol. The van der Waals surface area contributed by atoms with Crippen LogP contribution in [0.3, 0.4) is 0 Å². The number of nitrogens with zero attached hydrogens (tertiary/aromatic N) is 3. The lowest BCUT2D eigenvalue weighted by Crippen LogP contribution is -2.24. The fourth-order valence-electron chi connectivity index (χ4n) is 2.12. The quantitative estimate of drug-likeness (QED) is 0.477. The Bertz CT molecular complexity index is 909. The molecular weight excluding hydrogens is 395 g/mol. The van der Waals surface area contributed by atoms with Crippen molar-refractivity contribution in [1.29, 1.82) is 0 Å². The van der Waals surface area contributed by atoms with Gasteiger partial charge in [0.05, 0.1) is 19.1 Å². The molecule has 0 aliphatic heterocycles. The van der Waals surface area contributed by atoms with Crippen molar-refractivity contribution in [2.75, 3.05) is 6.61 Å². The molecule has 3 rings (SSSR count). The maximum Gasteiger partial charge on any atom is 0.277 e. The Balaban J connectivity index is 1.58. The van der Waals surface area contributed by atoms with E-state index in [2.05, 4.69) is 15.5 Å². The van der Waals surface area contributed by atoms with Crippen LogP contribution in [0.25, 0.3) is 0 Å². The summed E-state index contributed by atoms with van der Waals surface area (Å²) in [6.07, 6.45) is 3.13. The molecule has 0 atom stereocenters. The van der Waals surface area contributed by atoms with Crippen LogP contribution in [0.1, 0.15) is 10.4 Å². The number of hydrogen-bond donors (Lipinski definition) is 1. The molecular formula is C17H14Cl2N4O2S. The van der Waals surface area contributed by atoms with E-state index in [9.17, 15) is 4.79 Å². The SMILES string of the molecule is O=C(COc1ccccc1Cn1cnc(Cl)c1Cl)N/N=C\c1cccs1. The van der Waals surface area contributed by atoms with E-state index in [1.807, 2.05) is 35.7 Å². The van der Waals surface area contributed by atoms with Gasteiger partial charge in [-0.3, -0.25) is 4.79 Å². The minimum Gasteiger partial charge on any atom is -0.483 e. The molecule has 2 heterocycles. The maximum absolute atomic E-state index is 11.9. The molecule has 0 saturated carbocycles. The molecule has 1 amide bonds. The topological polar surface area (TPSA) is 68.5 Å². The summed E-state index contributed by atoms with van der Waals surface area (Å²) < 4.78 is 7.30. The van der Waals surface area contributed by atoms with Crippen LogP contribution in [0, 0.1) is 0 Å². The molecule has 0 unspecified atom stereocenters. The van der Waals surface area contributed by atoms with E-state index in [1.165, 1.54) is 11.3 Å². The zero-order valence-corrected chi connectivity index (χ0v) is 15.8. The number of ether oxygens (including phenoxy) is 1. The van der Waals surface area contributed by atoms with Crippen LogP contribution in [-0.4, -0.2) is 28.3 Å². The standard InChI is InChI=1S/C17H14Cl2N4O2S/c18-16-17(19)23(11-20-16)9-12-4-1-2-6-14(12)25-10-15(24)22-21-8-13-5-3-7-26-13/h1-8,11H,9-10H2,(H,22,24)/b21-8-. The number of benzene rings is 1. The van der Waals surface area contributed by atoms with Gasteiger partial charge in [-0.15, -0.1) is 11.3 Å². The minimum absolute atomic E-state index is 0.156. The number of hydrogen-bond acceptors (Lipinski definition) is 5. The smallest absolute Gasteiger partial charge is 0.277 e. The minimum atomic E-state index is -0.351. The van der Waals surface area contributed by atoms with Crippen molar-refractivity contribution in [2.45, 2.75) is 6.54 Å². The molecule has 26 heavy (non-hydrogen) atoms. The van der Waals surface area contributed by atoms with Crippen molar-refractivity contribution in [2.24, 2.45) is 5.10 Å². The molecule has 2 aromatic heterocycles. The predicted octanol–water partition coefficient (Wildman–Crippen LogP) is 3.83. The van der Waals surface area contributed by atoms with Crippen LogP contribution in [0.15, 0.2) is 53.2 Å². The largest absolute Gasteiger partial charge is 0.483 e. The van der Waals surface area contributed by atoms with Crippen LogP contribution in [0.4, 0.5) is 0 Å². The number of amides is 1. The second kappa shape index (κ2) is 8.84. The zero-order valence-electron chi connectivity index (χ0n) is 13.4. The molecule has 0 saturated heterocycles. The molecule has 1 N–H and O–H groups in total. The molecule has 3 aromatic rings. The van der Waals surface area contributed by atoms with Crippen LogP contribution < -0.4 is 10.2 Å². The van der Waals surface area contributed by atoms with Crippen molar-refractivity contribution >= 4 is 46.7 Å². The van der Waals surface area contributed by atoms with E-state index >= 15 is 0 Å². The number of imidazole rings is 1. The first-order valence-corrected chi connectivity index (χ1v) is 9.19. The molecule has 6 nitrogen and oxygen atoms in total. The van der Waals surface area contributed by atoms with Gasteiger partial charge in [0, 0.05) is 10.4 Å². The number of nitrogens with one attached hydrogen (secondary N) is 1. The second-order valence-electron chi connectivity index (χ2n) is 5.16.